The monoisotopic (exact) mass is 219 g/mol. The Hall–Kier alpha value is -1.51. The lowest BCUT2D eigenvalue weighted by atomic mass is 10.1. The van der Waals surface area contributed by atoms with Crippen molar-refractivity contribution in [2.24, 2.45) is 5.73 Å². The van der Waals surface area contributed by atoms with Gasteiger partial charge in [-0.1, -0.05) is 18.6 Å². The van der Waals surface area contributed by atoms with Crippen molar-refractivity contribution in [2.75, 3.05) is 11.9 Å². The largest absolute Gasteiger partial charge is 0.384 e. The molecule has 0 spiro atoms. The van der Waals surface area contributed by atoms with E-state index in [0.717, 1.165) is 23.2 Å². The Bertz CT molecular complexity index is 385. The van der Waals surface area contributed by atoms with Gasteiger partial charge in [-0.05, 0) is 32.4 Å². The van der Waals surface area contributed by atoms with E-state index < -0.39 is 0 Å². The molecule has 3 N–H and O–H groups in total. The fraction of sp³-hybridized carbons (Fsp3) is 0.462. The molecule has 1 rings (SSSR count). The van der Waals surface area contributed by atoms with Crippen LogP contribution in [0.1, 0.15) is 31.4 Å². The first-order valence-corrected chi connectivity index (χ1v) is 5.65. The minimum absolute atomic E-state index is 0.133. The van der Waals surface area contributed by atoms with Crippen molar-refractivity contribution in [1.29, 1.82) is 5.41 Å². The Labute approximate surface area is 97.8 Å². The van der Waals surface area contributed by atoms with Crippen LogP contribution >= 0.6 is 0 Å². The quantitative estimate of drug-likeness (QED) is 0.604. The maximum absolute atomic E-state index is 7.62. The predicted octanol–water partition coefficient (Wildman–Crippen LogP) is 2.51. The summed E-state index contributed by atoms with van der Waals surface area (Å²) in [5, 5.41) is 7.62. The lowest BCUT2D eigenvalue weighted by molar-refractivity contribution is 0.663. The molecular formula is C13H21N3. The van der Waals surface area contributed by atoms with Crippen LogP contribution in [0.3, 0.4) is 0 Å². The predicted molar refractivity (Wildman–Crippen MR) is 70.4 cm³/mol. The van der Waals surface area contributed by atoms with Crippen molar-refractivity contribution in [2.45, 2.75) is 33.2 Å². The highest BCUT2D eigenvalue weighted by molar-refractivity contribution is 6.00. The lowest BCUT2D eigenvalue weighted by Crippen LogP contribution is -2.30. The Balaban J connectivity index is 3.17. The Morgan fingerprint density at radius 2 is 2.12 bits per heavy atom. The van der Waals surface area contributed by atoms with Gasteiger partial charge in [0.05, 0.1) is 0 Å². The van der Waals surface area contributed by atoms with Crippen molar-refractivity contribution < 1.29 is 0 Å². The zero-order valence-electron chi connectivity index (χ0n) is 10.5. The van der Waals surface area contributed by atoms with Gasteiger partial charge in [0.1, 0.15) is 5.84 Å². The number of hydrogen-bond acceptors (Lipinski definition) is 2. The fourth-order valence-corrected chi connectivity index (χ4v) is 1.68. The van der Waals surface area contributed by atoms with Crippen molar-refractivity contribution in [3.05, 3.63) is 29.3 Å². The number of hydrogen-bond donors (Lipinski definition) is 2. The third-order valence-corrected chi connectivity index (χ3v) is 3.07. The Kier molecular flexibility index (Phi) is 3.93. The molecule has 0 fully saturated rings. The van der Waals surface area contributed by atoms with E-state index >= 15 is 0 Å². The molecule has 16 heavy (non-hydrogen) atoms. The standard InChI is InChI=1S/C13H21N3/c1-5-10(3)16(4)12-7-6-9(2)8-11(12)13(14)15/h6-8,10H,5H2,1-4H3,(H3,14,15). The highest BCUT2D eigenvalue weighted by atomic mass is 15.1. The Morgan fingerprint density at radius 1 is 1.50 bits per heavy atom. The number of anilines is 1. The fourth-order valence-electron chi connectivity index (χ4n) is 1.68. The normalized spacial score (nSPS) is 12.2. The molecule has 0 saturated carbocycles. The van der Waals surface area contributed by atoms with Crippen LogP contribution < -0.4 is 10.6 Å². The topological polar surface area (TPSA) is 53.1 Å². The van der Waals surface area contributed by atoms with Gasteiger partial charge < -0.3 is 10.6 Å². The minimum Gasteiger partial charge on any atom is -0.384 e. The average molecular weight is 219 g/mol. The van der Waals surface area contributed by atoms with Gasteiger partial charge in [0.2, 0.25) is 0 Å². The van der Waals surface area contributed by atoms with Gasteiger partial charge in [0, 0.05) is 24.3 Å². The van der Waals surface area contributed by atoms with Crippen molar-refractivity contribution in [3.63, 3.8) is 0 Å². The zero-order valence-corrected chi connectivity index (χ0v) is 10.5. The van der Waals surface area contributed by atoms with Gasteiger partial charge in [-0.3, -0.25) is 5.41 Å². The molecule has 0 heterocycles. The van der Waals surface area contributed by atoms with E-state index in [2.05, 4.69) is 24.8 Å². The molecule has 88 valence electrons. The first-order valence-electron chi connectivity index (χ1n) is 5.65. The summed E-state index contributed by atoms with van der Waals surface area (Å²) < 4.78 is 0. The van der Waals surface area contributed by atoms with E-state index in [1.807, 2.05) is 26.1 Å². The SMILES string of the molecule is CCC(C)N(C)c1ccc(C)cc1C(=N)N. The van der Waals surface area contributed by atoms with Crippen LogP contribution in [0.15, 0.2) is 18.2 Å². The number of amidine groups is 1. The van der Waals surface area contributed by atoms with E-state index in [0.29, 0.717) is 6.04 Å². The molecule has 0 aromatic heterocycles. The summed E-state index contributed by atoms with van der Waals surface area (Å²) in [6.45, 7) is 6.34. The van der Waals surface area contributed by atoms with Gasteiger partial charge in [0.15, 0.2) is 0 Å². The zero-order chi connectivity index (χ0) is 12.3. The average Bonchev–Trinajstić information content (AvgIpc) is 2.26. The van der Waals surface area contributed by atoms with Crippen molar-refractivity contribution in [1.82, 2.24) is 0 Å². The summed E-state index contributed by atoms with van der Waals surface area (Å²) in [6, 6.07) is 6.51. The van der Waals surface area contributed by atoms with E-state index in [1.54, 1.807) is 0 Å². The molecule has 1 atom stereocenters. The number of rotatable bonds is 4. The van der Waals surface area contributed by atoms with Gasteiger partial charge in [-0.2, -0.15) is 0 Å². The molecular weight excluding hydrogens is 198 g/mol. The van der Waals surface area contributed by atoms with E-state index in [1.165, 1.54) is 0 Å². The third-order valence-electron chi connectivity index (χ3n) is 3.07. The Morgan fingerprint density at radius 3 is 2.62 bits per heavy atom. The third kappa shape index (κ3) is 2.54. The molecule has 0 aliphatic heterocycles. The van der Waals surface area contributed by atoms with Crippen LogP contribution in [0.25, 0.3) is 0 Å². The molecule has 1 aromatic carbocycles. The number of nitrogens with one attached hydrogen (secondary N) is 1. The number of aryl methyl sites for hydroxylation is 1. The minimum atomic E-state index is 0.133. The molecule has 1 unspecified atom stereocenters. The molecule has 0 saturated heterocycles. The summed E-state index contributed by atoms with van der Waals surface area (Å²) in [4.78, 5) is 2.18. The molecule has 3 heteroatoms. The molecule has 0 aliphatic carbocycles. The van der Waals surface area contributed by atoms with Crippen LogP contribution in [-0.4, -0.2) is 18.9 Å². The maximum Gasteiger partial charge on any atom is 0.124 e. The second kappa shape index (κ2) is 5.01. The van der Waals surface area contributed by atoms with Crippen LogP contribution in [0.4, 0.5) is 5.69 Å². The first-order chi connectivity index (χ1) is 7.47. The highest BCUT2D eigenvalue weighted by Gasteiger charge is 2.13. The smallest absolute Gasteiger partial charge is 0.124 e. The lowest BCUT2D eigenvalue weighted by Gasteiger charge is -2.28. The van der Waals surface area contributed by atoms with Gasteiger partial charge >= 0.3 is 0 Å². The number of benzene rings is 1. The van der Waals surface area contributed by atoms with Crippen LogP contribution in [0.5, 0.6) is 0 Å². The molecule has 0 radical (unpaired) electrons. The van der Waals surface area contributed by atoms with Gasteiger partial charge in [-0.15, -0.1) is 0 Å². The van der Waals surface area contributed by atoms with Crippen LogP contribution in [-0.2, 0) is 0 Å². The molecule has 3 nitrogen and oxygen atoms in total. The summed E-state index contributed by atoms with van der Waals surface area (Å²) in [7, 11) is 2.05. The second-order valence-electron chi connectivity index (χ2n) is 4.30. The summed E-state index contributed by atoms with van der Waals surface area (Å²) in [5.41, 5.74) is 8.61. The van der Waals surface area contributed by atoms with Gasteiger partial charge in [-0.25, -0.2) is 0 Å². The molecule has 0 aliphatic rings. The van der Waals surface area contributed by atoms with Crippen LogP contribution in [0, 0.1) is 12.3 Å². The molecule has 0 bridgehead atoms. The highest BCUT2D eigenvalue weighted by Crippen LogP contribution is 2.23. The van der Waals surface area contributed by atoms with Crippen molar-refractivity contribution in [3.8, 4) is 0 Å². The molecule has 1 aromatic rings. The summed E-state index contributed by atoms with van der Waals surface area (Å²) in [5.74, 6) is 0.133. The van der Waals surface area contributed by atoms with Gasteiger partial charge in [0.25, 0.3) is 0 Å². The first kappa shape index (κ1) is 12.6. The number of nitrogens with zero attached hydrogens (tertiary/aromatic N) is 1. The van der Waals surface area contributed by atoms with E-state index in [4.69, 9.17) is 11.1 Å². The van der Waals surface area contributed by atoms with E-state index in [-0.39, 0.29) is 5.84 Å². The summed E-state index contributed by atoms with van der Waals surface area (Å²) >= 11 is 0. The van der Waals surface area contributed by atoms with Crippen molar-refractivity contribution >= 4 is 11.5 Å². The van der Waals surface area contributed by atoms with Crippen LogP contribution in [0.2, 0.25) is 0 Å². The van der Waals surface area contributed by atoms with E-state index in [9.17, 15) is 0 Å². The second-order valence-corrected chi connectivity index (χ2v) is 4.30. The molecule has 0 amide bonds. The maximum atomic E-state index is 7.62. The number of nitrogen functional groups attached to an aromatic ring is 1. The number of nitrogens with two attached hydrogens (primary N) is 1. The summed E-state index contributed by atoms with van der Waals surface area (Å²) in [6.07, 6.45) is 1.07.